The summed E-state index contributed by atoms with van der Waals surface area (Å²) in [6.45, 7) is 5.24. The van der Waals surface area contributed by atoms with E-state index in [0.717, 1.165) is 26.2 Å². The number of rotatable bonds is 11. The molecule has 0 radical (unpaired) electrons. The van der Waals surface area contributed by atoms with Crippen molar-refractivity contribution in [1.29, 1.82) is 5.26 Å². The van der Waals surface area contributed by atoms with Crippen LogP contribution in [-0.2, 0) is 19.7 Å². The first kappa shape index (κ1) is 25.2. The van der Waals surface area contributed by atoms with Crippen molar-refractivity contribution in [1.82, 2.24) is 9.80 Å². The molecule has 1 aromatic carbocycles. The average molecular weight is 482 g/mol. The van der Waals surface area contributed by atoms with Gasteiger partial charge in [0.25, 0.3) is 0 Å². The quantitative estimate of drug-likeness (QED) is 0.478. The van der Waals surface area contributed by atoms with Gasteiger partial charge in [-0.1, -0.05) is 6.92 Å². The Bertz CT molecular complexity index is 1000. The summed E-state index contributed by atoms with van der Waals surface area (Å²) in [6, 6.07) is 8.62. The summed E-state index contributed by atoms with van der Waals surface area (Å²) in [5.74, 6) is 1.71. The first-order valence-corrected chi connectivity index (χ1v) is 15.0. The van der Waals surface area contributed by atoms with Crippen LogP contribution in [0.25, 0.3) is 0 Å². The Morgan fingerprint density at radius 3 is 2.22 bits per heavy atom. The molecule has 2 bridgehead atoms. The maximum absolute atomic E-state index is 12.6. The molecular formula is C23H35N3O4S2. The monoisotopic (exact) mass is 481 g/mol. The Morgan fingerprint density at radius 1 is 1.03 bits per heavy atom. The van der Waals surface area contributed by atoms with Crippen LogP contribution in [0.2, 0.25) is 0 Å². The number of likely N-dealkylation sites (tertiary alicyclic amines) is 1. The second-order valence-electron chi connectivity index (χ2n) is 9.23. The maximum atomic E-state index is 12.6. The van der Waals surface area contributed by atoms with Gasteiger partial charge in [0.1, 0.15) is 9.84 Å². The van der Waals surface area contributed by atoms with Crippen LogP contribution in [0.3, 0.4) is 0 Å². The largest absolute Gasteiger partial charge is 0.303 e. The van der Waals surface area contributed by atoms with Gasteiger partial charge in [0, 0.05) is 24.9 Å². The molecule has 1 aliphatic heterocycles. The zero-order valence-corrected chi connectivity index (χ0v) is 20.7. The first-order chi connectivity index (χ1) is 15.1. The van der Waals surface area contributed by atoms with Gasteiger partial charge in [0.2, 0.25) is 0 Å². The van der Waals surface area contributed by atoms with Gasteiger partial charge in [-0.3, -0.25) is 0 Å². The molecule has 1 saturated heterocycles. The normalized spacial score (nSPS) is 24.0. The topological polar surface area (TPSA) is 98.6 Å². The van der Waals surface area contributed by atoms with Gasteiger partial charge in [-0.05, 0) is 81.9 Å². The molecule has 9 heteroatoms. The van der Waals surface area contributed by atoms with Gasteiger partial charge in [0.15, 0.2) is 9.84 Å². The SMILES string of the molecule is CCS(=O)(=O)CCCN(C)C1C2CCC1CN(CCCS(=O)(=O)c1ccc(C#N)cc1)C2. The summed E-state index contributed by atoms with van der Waals surface area (Å²) < 4.78 is 48.7. The number of piperidine rings is 1. The maximum Gasteiger partial charge on any atom is 0.178 e. The zero-order chi connectivity index (χ0) is 23.4. The molecule has 7 nitrogen and oxygen atoms in total. The number of fused-ring (bicyclic) bond motifs is 2. The number of hydrogen-bond acceptors (Lipinski definition) is 7. The van der Waals surface area contributed by atoms with E-state index >= 15 is 0 Å². The fourth-order valence-electron chi connectivity index (χ4n) is 5.35. The van der Waals surface area contributed by atoms with Crippen molar-refractivity contribution in [3.05, 3.63) is 29.8 Å². The minimum atomic E-state index is -3.34. The molecule has 2 atom stereocenters. The van der Waals surface area contributed by atoms with Crippen LogP contribution in [-0.4, -0.2) is 83.2 Å². The van der Waals surface area contributed by atoms with Crippen LogP contribution in [0.15, 0.2) is 29.2 Å². The van der Waals surface area contributed by atoms with Gasteiger partial charge >= 0.3 is 0 Å². The number of benzene rings is 1. The fraction of sp³-hybridized carbons (Fsp3) is 0.696. The Hall–Kier alpha value is -1.47. The predicted octanol–water partition coefficient (Wildman–Crippen LogP) is 2.19. The molecule has 2 fully saturated rings. The number of hydrogen-bond donors (Lipinski definition) is 0. The van der Waals surface area contributed by atoms with Crippen LogP contribution < -0.4 is 0 Å². The smallest absolute Gasteiger partial charge is 0.178 e. The Morgan fingerprint density at radius 2 is 1.66 bits per heavy atom. The highest BCUT2D eigenvalue weighted by Crippen LogP contribution is 2.39. The molecular weight excluding hydrogens is 446 g/mol. The van der Waals surface area contributed by atoms with E-state index in [2.05, 4.69) is 16.8 Å². The highest BCUT2D eigenvalue weighted by Gasteiger charge is 2.43. The summed E-state index contributed by atoms with van der Waals surface area (Å²) in [4.78, 5) is 5.05. The minimum absolute atomic E-state index is 0.111. The van der Waals surface area contributed by atoms with Crippen molar-refractivity contribution in [3.63, 3.8) is 0 Å². The van der Waals surface area contributed by atoms with Gasteiger partial charge in [-0.2, -0.15) is 5.26 Å². The van der Waals surface area contributed by atoms with Gasteiger partial charge in [0.05, 0.1) is 28.0 Å². The van der Waals surface area contributed by atoms with E-state index in [1.165, 1.54) is 25.0 Å². The minimum Gasteiger partial charge on any atom is -0.303 e. The van der Waals surface area contributed by atoms with Crippen molar-refractivity contribution in [2.75, 3.05) is 50.5 Å². The number of sulfone groups is 2. The van der Waals surface area contributed by atoms with E-state index in [-0.39, 0.29) is 22.2 Å². The van der Waals surface area contributed by atoms with Crippen molar-refractivity contribution in [3.8, 4) is 6.07 Å². The van der Waals surface area contributed by atoms with Crippen molar-refractivity contribution in [2.45, 2.75) is 43.5 Å². The molecule has 0 aromatic heterocycles. The van der Waals surface area contributed by atoms with Crippen LogP contribution >= 0.6 is 0 Å². The third kappa shape index (κ3) is 6.31. The lowest BCUT2D eigenvalue weighted by molar-refractivity contribution is 0.0624. The number of nitrogens with zero attached hydrogens (tertiary/aromatic N) is 3. The van der Waals surface area contributed by atoms with Crippen LogP contribution in [0.5, 0.6) is 0 Å². The van der Waals surface area contributed by atoms with E-state index in [0.29, 0.717) is 36.3 Å². The van der Waals surface area contributed by atoms with Gasteiger partial charge in [-0.15, -0.1) is 0 Å². The third-order valence-electron chi connectivity index (χ3n) is 7.00. The van der Waals surface area contributed by atoms with Crippen LogP contribution in [0, 0.1) is 23.2 Å². The molecule has 1 aliphatic carbocycles. The Balaban J connectivity index is 1.46. The zero-order valence-electron chi connectivity index (χ0n) is 19.1. The molecule has 2 unspecified atom stereocenters. The molecule has 0 spiro atoms. The second kappa shape index (κ2) is 10.6. The molecule has 1 aromatic rings. The van der Waals surface area contributed by atoms with Crippen LogP contribution in [0.1, 0.15) is 38.2 Å². The molecule has 32 heavy (non-hydrogen) atoms. The lowest BCUT2D eigenvalue weighted by Gasteiger charge is -2.42. The molecule has 0 amide bonds. The van der Waals surface area contributed by atoms with E-state index in [9.17, 15) is 16.8 Å². The molecule has 2 aliphatic rings. The summed E-state index contributed by atoms with van der Waals surface area (Å²) in [6.07, 6.45) is 3.65. The van der Waals surface area contributed by atoms with E-state index in [4.69, 9.17) is 5.26 Å². The van der Waals surface area contributed by atoms with Crippen molar-refractivity contribution in [2.24, 2.45) is 11.8 Å². The summed E-state index contributed by atoms with van der Waals surface area (Å²) >= 11 is 0. The second-order valence-corrected chi connectivity index (χ2v) is 13.8. The Kier molecular flexibility index (Phi) is 8.37. The predicted molar refractivity (Wildman–Crippen MR) is 126 cm³/mol. The lowest BCUT2D eigenvalue weighted by atomic mass is 9.90. The summed E-state index contributed by atoms with van der Waals surface area (Å²) in [5.41, 5.74) is 0.458. The standard InChI is InChI=1S/C23H35N3O4S2/c1-3-31(27,28)14-4-12-25(2)23-20-8-9-21(23)18-26(17-20)13-5-15-32(29,30)22-10-6-19(16-24)7-11-22/h6-7,10-11,20-21,23H,3-5,8-9,12-15,17-18H2,1-2H3. The molecule has 178 valence electrons. The summed E-state index contributed by atoms with van der Waals surface area (Å²) in [5, 5.41) is 8.87. The third-order valence-corrected chi connectivity index (χ3v) is 10.6. The number of nitriles is 1. The van der Waals surface area contributed by atoms with E-state index in [1.54, 1.807) is 19.1 Å². The van der Waals surface area contributed by atoms with Crippen molar-refractivity contribution >= 4 is 19.7 Å². The molecule has 1 saturated carbocycles. The molecule has 0 N–H and O–H groups in total. The highest BCUT2D eigenvalue weighted by molar-refractivity contribution is 7.91. The fourth-order valence-corrected chi connectivity index (χ4v) is 7.51. The van der Waals surface area contributed by atoms with E-state index in [1.807, 2.05) is 6.07 Å². The van der Waals surface area contributed by atoms with Crippen LogP contribution in [0.4, 0.5) is 0 Å². The van der Waals surface area contributed by atoms with Gasteiger partial charge < -0.3 is 9.80 Å². The first-order valence-electron chi connectivity index (χ1n) is 11.5. The average Bonchev–Trinajstić information content (AvgIpc) is 3.04. The van der Waals surface area contributed by atoms with Crippen molar-refractivity contribution < 1.29 is 16.8 Å². The van der Waals surface area contributed by atoms with Gasteiger partial charge in [-0.25, -0.2) is 16.8 Å². The lowest BCUT2D eigenvalue weighted by Crippen LogP contribution is -2.52. The summed E-state index contributed by atoms with van der Waals surface area (Å²) in [7, 11) is -4.13. The highest BCUT2D eigenvalue weighted by atomic mass is 32.2. The molecule has 1 heterocycles. The Labute approximate surface area is 193 Å². The molecule has 3 rings (SSSR count). The van der Waals surface area contributed by atoms with E-state index < -0.39 is 19.7 Å².